The Kier molecular flexibility index (Phi) is 6.02. The minimum Gasteiger partial charge on any atom is -0.346 e. The van der Waals surface area contributed by atoms with Gasteiger partial charge < -0.3 is 9.55 Å². The maximum Gasteiger partial charge on any atom is 0.416 e. The van der Waals surface area contributed by atoms with E-state index in [9.17, 15) is 22.4 Å². The molecule has 5 nitrogen and oxygen atoms in total. The highest BCUT2D eigenvalue weighted by Crippen LogP contribution is 2.30. The minimum absolute atomic E-state index is 0.268. The molecule has 0 radical (unpaired) electrons. The lowest BCUT2D eigenvalue weighted by atomic mass is 10.1. The summed E-state index contributed by atoms with van der Waals surface area (Å²) < 4.78 is 53.8. The fraction of sp³-hybridized carbons (Fsp3) is 0.231. The van der Waals surface area contributed by atoms with Crippen molar-refractivity contribution in [3.63, 3.8) is 0 Å². The Morgan fingerprint density at radius 2 is 1.71 bits per heavy atom. The van der Waals surface area contributed by atoms with E-state index in [0.717, 1.165) is 23.4 Å². The lowest BCUT2D eigenvalue weighted by molar-refractivity contribution is -0.137. The average Bonchev–Trinajstić information content (AvgIpc) is 3.26. The number of halogens is 4. The summed E-state index contributed by atoms with van der Waals surface area (Å²) >= 11 is 0. The lowest BCUT2D eigenvalue weighted by Gasteiger charge is -2.28. The number of alkyl halides is 3. The molecular weight excluding hydrogens is 460 g/mol. The van der Waals surface area contributed by atoms with Gasteiger partial charge in [0.1, 0.15) is 11.6 Å². The third-order valence-electron chi connectivity index (χ3n) is 6.21. The molecule has 9 heteroatoms. The summed E-state index contributed by atoms with van der Waals surface area (Å²) in [5.74, 6) is -0.00197. The van der Waals surface area contributed by atoms with Crippen LogP contribution in [0, 0.1) is 5.82 Å². The molecule has 3 heterocycles. The highest BCUT2D eigenvalue weighted by atomic mass is 19.4. The zero-order chi connectivity index (χ0) is 24.6. The summed E-state index contributed by atoms with van der Waals surface area (Å²) in [4.78, 5) is 22.3. The van der Waals surface area contributed by atoms with Gasteiger partial charge in [0.05, 0.1) is 16.8 Å². The molecule has 1 N–H and O–H groups in total. The SMILES string of the molecule is O=c1[nH]c(-c2ccc(C(F)(F)F)cc2)nc2c1CN(Cc1cccn1Cc1ccc(F)cc1)CC2. The minimum atomic E-state index is -4.42. The number of aromatic nitrogens is 3. The predicted molar refractivity (Wildman–Crippen MR) is 123 cm³/mol. The van der Waals surface area contributed by atoms with Crippen LogP contribution in [0.5, 0.6) is 0 Å². The van der Waals surface area contributed by atoms with E-state index in [1.807, 2.05) is 18.3 Å². The molecule has 5 rings (SSSR count). The number of rotatable bonds is 5. The lowest BCUT2D eigenvalue weighted by Crippen LogP contribution is -2.36. The first-order valence-electron chi connectivity index (χ1n) is 11.2. The molecule has 0 bridgehead atoms. The topological polar surface area (TPSA) is 53.9 Å². The van der Waals surface area contributed by atoms with Crippen molar-refractivity contribution in [1.29, 1.82) is 0 Å². The molecule has 2 aromatic heterocycles. The first-order valence-corrected chi connectivity index (χ1v) is 11.2. The van der Waals surface area contributed by atoms with Crippen LogP contribution in [0.2, 0.25) is 0 Å². The molecular formula is C26H22F4N4O. The van der Waals surface area contributed by atoms with E-state index in [-0.39, 0.29) is 17.2 Å². The Labute approximate surface area is 198 Å². The van der Waals surface area contributed by atoms with Crippen molar-refractivity contribution in [3.8, 4) is 11.4 Å². The summed E-state index contributed by atoms with van der Waals surface area (Å²) in [5, 5.41) is 0. The van der Waals surface area contributed by atoms with Crippen molar-refractivity contribution in [2.75, 3.05) is 6.54 Å². The quantitative estimate of drug-likeness (QED) is 0.407. The van der Waals surface area contributed by atoms with Gasteiger partial charge in [-0.1, -0.05) is 24.3 Å². The number of H-pyrrole nitrogens is 1. The Morgan fingerprint density at radius 1 is 0.971 bits per heavy atom. The van der Waals surface area contributed by atoms with Gasteiger partial charge in [-0.3, -0.25) is 9.69 Å². The number of nitrogens with one attached hydrogen (secondary N) is 1. The van der Waals surface area contributed by atoms with E-state index in [0.29, 0.717) is 49.4 Å². The highest BCUT2D eigenvalue weighted by molar-refractivity contribution is 5.56. The van der Waals surface area contributed by atoms with E-state index in [2.05, 4.69) is 19.4 Å². The van der Waals surface area contributed by atoms with Crippen LogP contribution in [0.3, 0.4) is 0 Å². The third kappa shape index (κ3) is 5.05. The van der Waals surface area contributed by atoms with Crippen LogP contribution < -0.4 is 5.56 Å². The van der Waals surface area contributed by atoms with Gasteiger partial charge >= 0.3 is 6.18 Å². The maximum absolute atomic E-state index is 13.2. The van der Waals surface area contributed by atoms with Crippen LogP contribution in [0.15, 0.2) is 71.7 Å². The van der Waals surface area contributed by atoms with E-state index in [1.165, 1.54) is 24.3 Å². The Morgan fingerprint density at radius 3 is 2.43 bits per heavy atom. The van der Waals surface area contributed by atoms with Crippen LogP contribution in [0.1, 0.15) is 28.1 Å². The summed E-state index contributed by atoms with van der Waals surface area (Å²) in [5.41, 5.74) is 2.70. The molecule has 0 aliphatic carbocycles. The average molecular weight is 482 g/mol. The second-order valence-electron chi connectivity index (χ2n) is 8.63. The number of benzene rings is 2. The molecule has 1 aliphatic heterocycles. The molecule has 180 valence electrons. The second-order valence-corrected chi connectivity index (χ2v) is 8.63. The molecule has 0 atom stereocenters. The van der Waals surface area contributed by atoms with Gasteiger partial charge in [0.2, 0.25) is 0 Å². The van der Waals surface area contributed by atoms with Crippen molar-refractivity contribution in [2.45, 2.75) is 32.2 Å². The molecule has 0 saturated carbocycles. The van der Waals surface area contributed by atoms with Gasteiger partial charge in [-0.05, 0) is 42.0 Å². The maximum atomic E-state index is 13.2. The van der Waals surface area contributed by atoms with E-state index in [4.69, 9.17) is 0 Å². The van der Waals surface area contributed by atoms with Crippen molar-refractivity contribution in [1.82, 2.24) is 19.4 Å². The number of fused-ring (bicyclic) bond motifs is 1. The third-order valence-corrected chi connectivity index (χ3v) is 6.21. The molecule has 0 saturated heterocycles. The molecule has 2 aromatic carbocycles. The van der Waals surface area contributed by atoms with Crippen molar-refractivity contribution < 1.29 is 17.6 Å². The molecule has 0 fully saturated rings. The molecule has 0 unspecified atom stereocenters. The fourth-order valence-corrected chi connectivity index (χ4v) is 4.33. The van der Waals surface area contributed by atoms with E-state index >= 15 is 0 Å². The van der Waals surface area contributed by atoms with Gasteiger partial charge in [0.15, 0.2) is 0 Å². The number of nitrogens with zero attached hydrogens (tertiary/aromatic N) is 3. The van der Waals surface area contributed by atoms with Crippen LogP contribution in [0.4, 0.5) is 17.6 Å². The van der Waals surface area contributed by atoms with Crippen molar-refractivity contribution in [3.05, 3.63) is 111 Å². The van der Waals surface area contributed by atoms with Crippen molar-refractivity contribution in [2.24, 2.45) is 0 Å². The normalized spacial score (nSPS) is 14.2. The first kappa shape index (κ1) is 23.0. The largest absolute Gasteiger partial charge is 0.416 e. The Hall–Kier alpha value is -3.72. The summed E-state index contributed by atoms with van der Waals surface area (Å²) in [6, 6.07) is 15.0. The number of hydrogen-bond acceptors (Lipinski definition) is 3. The smallest absolute Gasteiger partial charge is 0.346 e. The zero-order valence-electron chi connectivity index (χ0n) is 18.6. The molecule has 1 aliphatic rings. The molecule has 4 aromatic rings. The van der Waals surface area contributed by atoms with Crippen molar-refractivity contribution >= 4 is 0 Å². The van der Waals surface area contributed by atoms with Gasteiger partial charge in [-0.15, -0.1) is 0 Å². The van der Waals surface area contributed by atoms with E-state index < -0.39 is 11.7 Å². The highest BCUT2D eigenvalue weighted by Gasteiger charge is 2.30. The molecule has 0 spiro atoms. The van der Waals surface area contributed by atoms with E-state index in [1.54, 1.807) is 12.1 Å². The Balaban J connectivity index is 1.31. The van der Waals surface area contributed by atoms with Crippen LogP contribution in [-0.4, -0.2) is 26.0 Å². The zero-order valence-corrected chi connectivity index (χ0v) is 18.6. The van der Waals surface area contributed by atoms with Gasteiger partial charge in [-0.25, -0.2) is 9.37 Å². The summed E-state index contributed by atoms with van der Waals surface area (Å²) in [7, 11) is 0. The van der Waals surface area contributed by atoms with Crippen LogP contribution >= 0.6 is 0 Å². The number of hydrogen-bond donors (Lipinski definition) is 1. The molecule has 35 heavy (non-hydrogen) atoms. The summed E-state index contributed by atoms with van der Waals surface area (Å²) in [6.07, 6.45) is -1.88. The van der Waals surface area contributed by atoms with Gasteiger partial charge in [-0.2, -0.15) is 13.2 Å². The van der Waals surface area contributed by atoms with Gasteiger partial charge in [0, 0.05) is 50.1 Å². The standard InChI is InChI=1S/C26H22F4N4O/c27-20-9-3-17(4-10-20)14-34-12-1-2-21(34)15-33-13-11-23-22(16-33)25(35)32-24(31-23)18-5-7-19(8-6-18)26(28,29)30/h1-10,12H,11,13-16H2,(H,31,32,35). The number of aromatic amines is 1. The Bertz CT molecular complexity index is 1390. The van der Waals surface area contributed by atoms with Crippen LogP contribution in [-0.2, 0) is 32.2 Å². The monoisotopic (exact) mass is 482 g/mol. The summed E-state index contributed by atoms with van der Waals surface area (Å²) in [6.45, 7) is 2.36. The van der Waals surface area contributed by atoms with Gasteiger partial charge in [0.25, 0.3) is 5.56 Å². The first-order chi connectivity index (χ1) is 16.8. The fourth-order valence-electron chi connectivity index (χ4n) is 4.33. The second kappa shape index (κ2) is 9.14. The van der Waals surface area contributed by atoms with Crippen LogP contribution in [0.25, 0.3) is 11.4 Å². The molecule has 0 amide bonds. The predicted octanol–water partition coefficient (Wildman–Crippen LogP) is 5.00.